The van der Waals surface area contributed by atoms with E-state index in [1.165, 1.54) is 0 Å². The quantitative estimate of drug-likeness (QED) is 0.743. The van der Waals surface area contributed by atoms with Crippen molar-refractivity contribution in [3.63, 3.8) is 0 Å². The van der Waals surface area contributed by atoms with Crippen LogP contribution in [0, 0.1) is 6.92 Å². The molecule has 4 rings (SSSR count). The molecular formula is C17H15NO3. The summed E-state index contributed by atoms with van der Waals surface area (Å²) in [6, 6.07) is 12.0. The molecule has 0 radical (unpaired) electrons. The first-order valence-electron chi connectivity index (χ1n) is 6.98. The lowest BCUT2D eigenvalue weighted by atomic mass is 9.91. The first-order chi connectivity index (χ1) is 10.2. The Hall–Kier alpha value is -2.17. The third kappa shape index (κ3) is 1.95. The fraction of sp³-hybridized carbons (Fsp3) is 0.235. The SMILES string of the molecule is Cc1noc2ccc(-c3cccc4c3COCC4O)cc12. The van der Waals surface area contributed by atoms with Crippen LogP contribution < -0.4 is 0 Å². The van der Waals surface area contributed by atoms with Crippen LogP contribution in [0.5, 0.6) is 0 Å². The molecule has 0 amide bonds. The molecule has 1 aromatic heterocycles. The maximum Gasteiger partial charge on any atom is 0.167 e. The van der Waals surface area contributed by atoms with Gasteiger partial charge in [-0.3, -0.25) is 0 Å². The second-order valence-electron chi connectivity index (χ2n) is 5.38. The maximum atomic E-state index is 10.1. The number of nitrogens with zero attached hydrogens (tertiary/aromatic N) is 1. The predicted octanol–water partition coefficient (Wildman–Crippen LogP) is 3.37. The summed E-state index contributed by atoms with van der Waals surface area (Å²) in [6.07, 6.45) is -0.547. The summed E-state index contributed by atoms with van der Waals surface area (Å²) in [5, 5.41) is 15.1. The zero-order valence-corrected chi connectivity index (χ0v) is 11.7. The zero-order valence-electron chi connectivity index (χ0n) is 11.7. The van der Waals surface area contributed by atoms with Gasteiger partial charge in [0.25, 0.3) is 0 Å². The summed E-state index contributed by atoms with van der Waals surface area (Å²) < 4.78 is 10.7. The van der Waals surface area contributed by atoms with Gasteiger partial charge in [0.15, 0.2) is 5.58 Å². The van der Waals surface area contributed by atoms with E-state index < -0.39 is 6.10 Å². The molecule has 2 heterocycles. The molecule has 4 heteroatoms. The van der Waals surface area contributed by atoms with Crippen LogP contribution in [-0.2, 0) is 11.3 Å². The van der Waals surface area contributed by atoms with Gasteiger partial charge in [-0.1, -0.05) is 29.4 Å². The second-order valence-corrected chi connectivity index (χ2v) is 5.38. The van der Waals surface area contributed by atoms with E-state index in [0.717, 1.165) is 38.9 Å². The van der Waals surface area contributed by atoms with E-state index >= 15 is 0 Å². The molecule has 2 aromatic carbocycles. The lowest BCUT2D eigenvalue weighted by Gasteiger charge is -2.24. The molecule has 0 spiro atoms. The number of fused-ring (bicyclic) bond motifs is 2. The number of ether oxygens (including phenoxy) is 1. The van der Waals surface area contributed by atoms with Crippen molar-refractivity contribution in [1.29, 1.82) is 0 Å². The van der Waals surface area contributed by atoms with Gasteiger partial charge >= 0.3 is 0 Å². The first-order valence-corrected chi connectivity index (χ1v) is 6.98. The monoisotopic (exact) mass is 281 g/mol. The van der Waals surface area contributed by atoms with E-state index in [2.05, 4.69) is 17.3 Å². The van der Waals surface area contributed by atoms with Gasteiger partial charge in [0.2, 0.25) is 0 Å². The molecular weight excluding hydrogens is 266 g/mol. The van der Waals surface area contributed by atoms with E-state index in [1.807, 2.05) is 31.2 Å². The molecule has 0 bridgehead atoms. The van der Waals surface area contributed by atoms with Crippen molar-refractivity contribution in [3.05, 3.63) is 53.2 Å². The van der Waals surface area contributed by atoms with Crippen LogP contribution in [0.2, 0.25) is 0 Å². The van der Waals surface area contributed by atoms with E-state index in [-0.39, 0.29) is 0 Å². The Balaban J connectivity index is 1.92. The lowest BCUT2D eigenvalue weighted by Crippen LogP contribution is -2.16. The first kappa shape index (κ1) is 12.6. The number of rotatable bonds is 1. The van der Waals surface area contributed by atoms with Crippen molar-refractivity contribution in [3.8, 4) is 11.1 Å². The van der Waals surface area contributed by atoms with Gasteiger partial charge in [-0.15, -0.1) is 0 Å². The van der Waals surface area contributed by atoms with E-state index in [1.54, 1.807) is 0 Å². The number of hydrogen-bond donors (Lipinski definition) is 1. The molecule has 1 aliphatic rings. The minimum Gasteiger partial charge on any atom is -0.386 e. The molecule has 1 unspecified atom stereocenters. The largest absolute Gasteiger partial charge is 0.386 e. The lowest BCUT2D eigenvalue weighted by molar-refractivity contribution is 0.0101. The summed E-state index contributed by atoms with van der Waals surface area (Å²) in [6.45, 7) is 2.83. The summed E-state index contributed by atoms with van der Waals surface area (Å²) in [5.74, 6) is 0. The Bertz CT molecular complexity index is 822. The molecule has 3 aromatic rings. The minimum absolute atomic E-state index is 0.361. The molecule has 106 valence electrons. The molecule has 1 atom stereocenters. The van der Waals surface area contributed by atoms with E-state index in [0.29, 0.717) is 13.2 Å². The highest BCUT2D eigenvalue weighted by Gasteiger charge is 2.21. The van der Waals surface area contributed by atoms with Crippen LogP contribution >= 0.6 is 0 Å². The summed E-state index contributed by atoms with van der Waals surface area (Å²) in [5.41, 5.74) is 5.87. The topological polar surface area (TPSA) is 55.5 Å². The fourth-order valence-electron chi connectivity index (χ4n) is 2.94. The number of benzene rings is 2. The Labute approximate surface area is 121 Å². The normalized spacial score (nSPS) is 17.9. The van der Waals surface area contributed by atoms with Gasteiger partial charge < -0.3 is 14.4 Å². The van der Waals surface area contributed by atoms with E-state index in [9.17, 15) is 5.11 Å². The van der Waals surface area contributed by atoms with Gasteiger partial charge in [-0.25, -0.2) is 0 Å². The van der Waals surface area contributed by atoms with Gasteiger partial charge in [0, 0.05) is 5.39 Å². The Morgan fingerprint density at radius 3 is 3.05 bits per heavy atom. The molecule has 0 fully saturated rings. The number of aliphatic hydroxyl groups excluding tert-OH is 1. The zero-order chi connectivity index (χ0) is 14.4. The molecule has 1 N–H and O–H groups in total. The molecule has 21 heavy (non-hydrogen) atoms. The minimum atomic E-state index is -0.547. The molecule has 1 aliphatic heterocycles. The predicted molar refractivity (Wildman–Crippen MR) is 78.8 cm³/mol. The van der Waals surface area contributed by atoms with Crippen LogP contribution in [0.1, 0.15) is 22.9 Å². The second kappa shape index (κ2) is 4.69. The number of aryl methyl sites for hydroxylation is 1. The van der Waals surface area contributed by atoms with Gasteiger partial charge in [0.05, 0.1) is 18.9 Å². The molecule has 0 saturated carbocycles. The van der Waals surface area contributed by atoms with Crippen molar-refractivity contribution in [2.75, 3.05) is 6.61 Å². The van der Waals surface area contributed by atoms with Crippen molar-refractivity contribution in [1.82, 2.24) is 5.16 Å². The Morgan fingerprint density at radius 2 is 2.14 bits per heavy atom. The van der Waals surface area contributed by atoms with Crippen molar-refractivity contribution in [2.24, 2.45) is 0 Å². The highest BCUT2D eigenvalue weighted by Crippen LogP contribution is 2.34. The van der Waals surface area contributed by atoms with Crippen LogP contribution in [0.25, 0.3) is 22.1 Å². The van der Waals surface area contributed by atoms with Gasteiger partial charge in [-0.05, 0) is 41.3 Å². The average Bonchev–Trinajstić information content (AvgIpc) is 2.88. The maximum absolute atomic E-state index is 10.1. The van der Waals surface area contributed by atoms with Crippen molar-refractivity contribution in [2.45, 2.75) is 19.6 Å². The average molecular weight is 281 g/mol. The number of aromatic nitrogens is 1. The van der Waals surface area contributed by atoms with Crippen LogP contribution in [0.4, 0.5) is 0 Å². The Kier molecular flexibility index (Phi) is 2.80. The van der Waals surface area contributed by atoms with Crippen LogP contribution in [-0.4, -0.2) is 16.9 Å². The van der Waals surface area contributed by atoms with Crippen LogP contribution in [0.3, 0.4) is 0 Å². The number of hydrogen-bond acceptors (Lipinski definition) is 4. The molecule has 0 aliphatic carbocycles. The highest BCUT2D eigenvalue weighted by molar-refractivity contribution is 5.85. The third-order valence-electron chi connectivity index (χ3n) is 4.05. The summed E-state index contributed by atoms with van der Waals surface area (Å²) in [4.78, 5) is 0. The van der Waals surface area contributed by atoms with Crippen molar-refractivity contribution >= 4 is 11.0 Å². The van der Waals surface area contributed by atoms with Crippen molar-refractivity contribution < 1.29 is 14.4 Å². The Morgan fingerprint density at radius 1 is 1.24 bits per heavy atom. The third-order valence-corrected chi connectivity index (χ3v) is 4.05. The molecule has 4 nitrogen and oxygen atoms in total. The van der Waals surface area contributed by atoms with Crippen LogP contribution in [0.15, 0.2) is 40.9 Å². The summed E-state index contributed by atoms with van der Waals surface area (Å²) in [7, 11) is 0. The highest BCUT2D eigenvalue weighted by atomic mass is 16.5. The number of aliphatic hydroxyl groups is 1. The molecule has 0 saturated heterocycles. The summed E-state index contributed by atoms with van der Waals surface area (Å²) >= 11 is 0. The van der Waals surface area contributed by atoms with E-state index in [4.69, 9.17) is 9.26 Å². The van der Waals surface area contributed by atoms with Gasteiger partial charge in [0.1, 0.15) is 6.10 Å². The van der Waals surface area contributed by atoms with Gasteiger partial charge in [-0.2, -0.15) is 0 Å². The fourth-order valence-corrected chi connectivity index (χ4v) is 2.94. The standard InChI is InChI=1S/C17H15NO3/c1-10-14-7-11(5-6-17(14)21-18-10)12-3-2-4-13-15(12)8-20-9-16(13)19/h2-7,16,19H,8-9H2,1H3. The smallest absolute Gasteiger partial charge is 0.167 e.